The Balaban J connectivity index is 2.09. The monoisotopic (exact) mass is 160 g/mol. The fourth-order valence-electron chi connectivity index (χ4n) is 0.988. The second-order valence-electron chi connectivity index (χ2n) is 2.50. The summed E-state index contributed by atoms with van der Waals surface area (Å²) in [5.74, 6) is -0.779. The molecule has 0 aromatic carbocycles. The average molecular weight is 160 g/mol. The van der Waals surface area contributed by atoms with Crippen LogP contribution in [0.15, 0.2) is 0 Å². The van der Waals surface area contributed by atoms with E-state index in [0.29, 0.717) is 26.2 Å². The Morgan fingerprint density at radius 2 is 2.36 bits per heavy atom. The summed E-state index contributed by atoms with van der Waals surface area (Å²) in [5, 5.41) is 8.35. The van der Waals surface area contributed by atoms with Gasteiger partial charge in [-0.05, 0) is 6.42 Å². The van der Waals surface area contributed by atoms with Crippen LogP contribution >= 0.6 is 0 Å². The zero-order valence-electron chi connectivity index (χ0n) is 6.28. The molecule has 0 amide bonds. The fraction of sp³-hybridized carbons (Fsp3) is 0.857. The van der Waals surface area contributed by atoms with Gasteiger partial charge in [0.1, 0.15) is 0 Å². The van der Waals surface area contributed by atoms with Crippen LogP contribution in [0.25, 0.3) is 0 Å². The first-order valence-electron chi connectivity index (χ1n) is 3.70. The number of rotatable bonds is 3. The zero-order valence-corrected chi connectivity index (χ0v) is 6.28. The Bertz CT molecular complexity index is 128. The summed E-state index contributed by atoms with van der Waals surface area (Å²) < 4.78 is 10.3. The topological polar surface area (TPSA) is 55.8 Å². The van der Waals surface area contributed by atoms with Crippen molar-refractivity contribution in [1.29, 1.82) is 0 Å². The minimum Gasteiger partial charge on any atom is -0.481 e. The van der Waals surface area contributed by atoms with E-state index in [1.165, 1.54) is 0 Å². The van der Waals surface area contributed by atoms with Crippen molar-refractivity contribution in [3.8, 4) is 0 Å². The lowest BCUT2D eigenvalue weighted by Gasteiger charge is -2.21. The Hall–Kier alpha value is -0.610. The summed E-state index contributed by atoms with van der Waals surface area (Å²) in [6, 6.07) is 0. The van der Waals surface area contributed by atoms with E-state index in [2.05, 4.69) is 0 Å². The quantitative estimate of drug-likeness (QED) is 0.643. The van der Waals surface area contributed by atoms with Gasteiger partial charge in [0, 0.05) is 6.42 Å². The van der Waals surface area contributed by atoms with E-state index < -0.39 is 5.97 Å². The number of carboxylic acid groups (broad SMARTS) is 1. The second-order valence-corrected chi connectivity index (χ2v) is 2.50. The molecule has 1 rings (SSSR count). The van der Waals surface area contributed by atoms with E-state index >= 15 is 0 Å². The summed E-state index contributed by atoms with van der Waals surface area (Å²) in [7, 11) is 0. The van der Waals surface area contributed by atoms with E-state index in [1.54, 1.807) is 0 Å². The molecular weight excluding hydrogens is 148 g/mol. The van der Waals surface area contributed by atoms with Crippen molar-refractivity contribution in [2.24, 2.45) is 0 Å². The second kappa shape index (κ2) is 4.31. The van der Waals surface area contributed by atoms with Crippen LogP contribution < -0.4 is 0 Å². The normalized spacial score (nSPS) is 24.9. The van der Waals surface area contributed by atoms with Crippen LogP contribution in [0, 0.1) is 0 Å². The molecule has 1 N–H and O–H groups in total. The van der Waals surface area contributed by atoms with E-state index in [9.17, 15) is 4.79 Å². The molecule has 1 atom stereocenters. The highest BCUT2D eigenvalue weighted by Crippen LogP contribution is 2.06. The van der Waals surface area contributed by atoms with Crippen molar-refractivity contribution in [3.05, 3.63) is 0 Å². The molecular formula is C7H12O4. The molecule has 0 unspecified atom stereocenters. The first-order chi connectivity index (χ1) is 5.29. The maximum absolute atomic E-state index is 10.1. The number of carbonyl (C=O) groups is 1. The van der Waals surface area contributed by atoms with Crippen LogP contribution in [0.5, 0.6) is 0 Å². The highest BCUT2D eigenvalue weighted by Gasteiger charge is 2.14. The fourth-order valence-corrected chi connectivity index (χ4v) is 0.988. The molecule has 64 valence electrons. The third kappa shape index (κ3) is 3.34. The van der Waals surface area contributed by atoms with Gasteiger partial charge in [0.2, 0.25) is 0 Å². The van der Waals surface area contributed by atoms with E-state index in [0.717, 1.165) is 0 Å². The Kier molecular flexibility index (Phi) is 3.32. The lowest BCUT2D eigenvalue weighted by atomic mass is 10.2. The number of ether oxygens (including phenoxy) is 2. The molecule has 11 heavy (non-hydrogen) atoms. The number of carboxylic acids is 1. The van der Waals surface area contributed by atoms with Crippen LogP contribution in [0.4, 0.5) is 0 Å². The molecule has 1 fully saturated rings. The molecule has 0 saturated carbocycles. The molecule has 1 aliphatic rings. The van der Waals surface area contributed by atoms with Gasteiger partial charge in [-0.25, -0.2) is 0 Å². The largest absolute Gasteiger partial charge is 0.481 e. The molecule has 0 aliphatic carbocycles. The summed E-state index contributed by atoms with van der Waals surface area (Å²) in [4.78, 5) is 10.1. The highest BCUT2D eigenvalue weighted by molar-refractivity contribution is 5.66. The van der Waals surface area contributed by atoms with Crippen molar-refractivity contribution >= 4 is 5.97 Å². The molecule has 0 bridgehead atoms. The zero-order chi connectivity index (χ0) is 8.10. The highest BCUT2D eigenvalue weighted by atomic mass is 16.6. The number of hydrogen-bond acceptors (Lipinski definition) is 3. The molecule has 4 nitrogen and oxygen atoms in total. The van der Waals surface area contributed by atoms with Gasteiger partial charge in [-0.15, -0.1) is 0 Å². The third-order valence-electron chi connectivity index (χ3n) is 1.57. The first-order valence-corrected chi connectivity index (χ1v) is 3.70. The maximum atomic E-state index is 10.1. The summed E-state index contributed by atoms with van der Waals surface area (Å²) >= 11 is 0. The Labute approximate surface area is 65.1 Å². The summed E-state index contributed by atoms with van der Waals surface area (Å²) in [5.41, 5.74) is 0. The van der Waals surface area contributed by atoms with Gasteiger partial charge < -0.3 is 14.6 Å². The van der Waals surface area contributed by atoms with E-state index in [-0.39, 0.29) is 12.5 Å². The van der Waals surface area contributed by atoms with Crippen LogP contribution in [-0.2, 0) is 14.3 Å². The Morgan fingerprint density at radius 1 is 1.55 bits per heavy atom. The van der Waals surface area contributed by atoms with Gasteiger partial charge in [-0.3, -0.25) is 4.79 Å². The summed E-state index contributed by atoms with van der Waals surface area (Å²) in [6.07, 6.45) is 0.698. The van der Waals surface area contributed by atoms with Gasteiger partial charge in [0.15, 0.2) is 0 Å². The van der Waals surface area contributed by atoms with Crippen molar-refractivity contribution in [2.45, 2.75) is 18.9 Å². The predicted octanol–water partition coefficient (Wildman–Crippen LogP) is 0.267. The Morgan fingerprint density at radius 3 is 2.91 bits per heavy atom. The number of hydrogen-bond donors (Lipinski definition) is 1. The van der Waals surface area contributed by atoms with E-state index in [4.69, 9.17) is 14.6 Å². The molecule has 0 aromatic rings. The molecule has 1 saturated heterocycles. The molecule has 1 aliphatic heterocycles. The van der Waals surface area contributed by atoms with E-state index in [1.807, 2.05) is 0 Å². The van der Waals surface area contributed by atoms with Crippen LogP contribution in [0.2, 0.25) is 0 Å². The minimum atomic E-state index is -0.779. The third-order valence-corrected chi connectivity index (χ3v) is 1.57. The minimum absolute atomic E-state index is 0.0140. The lowest BCUT2D eigenvalue weighted by Crippen LogP contribution is -2.28. The van der Waals surface area contributed by atoms with Crippen LogP contribution in [0.3, 0.4) is 0 Å². The van der Waals surface area contributed by atoms with Crippen molar-refractivity contribution < 1.29 is 19.4 Å². The summed E-state index contributed by atoms with van der Waals surface area (Å²) in [6.45, 7) is 1.75. The SMILES string of the molecule is O=C(O)CC[C@@H]1COCCO1. The van der Waals surface area contributed by atoms with Crippen molar-refractivity contribution in [2.75, 3.05) is 19.8 Å². The van der Waals surface area contributed by atoms with Gasteiger partial charge >= 0.3 is 5.97 Å². The van der Waals surface area contributed by atoms with Crippen molar-refractivity contribution in [1.82, 2.24) is 0 Å². The first kappa shape index (κ1) is 8.49. The molecule has 0 radical (unpaired) electrons. The molecule has 0 aromatic heterocycles. The molecule has 4 heteroatoms. The van der Waals surface area contributed by atoms with Gasteiger partial charge in [-0.2, -0.15) is 0 Å². The molecule has 0 spiro atoms. The van der Waals surface area contributed by atoms with Crippen molar-refractivity contribution in [3.63, 3.8) is 0 Å². The van der Waals surface area contributed by atoms with Crippen LogP contribution in [-0.4, -0.2) is 37.0 Å². The van der Waals surface area contributed by atoms with Gasteiger partial charge in [-0.1, -0.05) is 0 Å². The standard InChI is InChI=1S/C7H12O4/c8-7(9)2-1-6-5-10-3-4-11-6/h6H,1-5H2,(H,8,9)/t6-/m1/s1. The molecule has 1 heterocycles. The lowest BCUT2D eigenvalue weighted by molar-refractivity contribution is -0.139. The van der Waals surface area contributed by atoms with Gasteiger partial charge in [0.05, 0.1) is 25.9 Å². The maximum Gasteiger partial charge on any atom is 0.303 e. The predicted molar refractivity (Wildman–Crippen MR) is 37.4 cm³/mol. The van der Waals surface area contributed by atoms with Crippen LogP contribution in [0.1, 0.15) is 12.8 Å². The smallest absolute Gasteiger partial charge is 0.303 e. The van der Waals surface area contributed by atoms with Gasteiger partial charge in [0.25, 0.3) is 0 Å². The average Bonchev–Trinajstić information content (AvgIpc) is 2.03. The number of aliphatic carboxylic acids is 1.